The second-order valence-corrected chi connectivity index (χ2v) is 7.34. The summed E-state index contributed by atoms with van der Waals surface area (Å²) in [6.07, 6.45) is 0.396. The van der Waals surface area contributed by atoms with Gasteiger partial charge < -0.3 is 14.7 Å². The second-order valence-electron chi connectivity index (χ2n) is 7.34. The molecule has 1 aliphatic heterocycles. The summed E-state index contributed by atoms with van der Waals surface area (Å²) in [7, 11) is 0. The van der Waals surface area contributed by atoms with Gasteiger partial charge in [-0.05, 0) is 23.3 Å². The molecule has 1 aliphatic rings. The quantitative estimate of drug-likeness (QED) is 0.722. The monoisotopic (exact) mass is 392 g/mol. The molecule has 0 saturated carbocycles. The Kier molecular flexibility index (Phi) is 5.57. The van der Waals surface area contributed by atoms with E-state index in [-0.39, 0.29) is 18.4 Å². The van der Waals surface area contributed by atoms with Gasteiger partial charge in [-0.2, -0.15) is 0 Å². The minimum absolute atomic E-state index is 0.128. The zero-order valence-electron chi connectivity index (χ0n) is 16.4. The lowest BCUT2D eigenvalue weighted by Crippen LogP contribution is -2.50. The fourth-order valence-electron chi connectivity index (χ4n) is 3.69. The van der Waals surface area contributed by atoms with Crippen LogP contribution in [0.15, 0.2) is 53.1 Å². The molecule has 3 aromatic rings. The number of carbonyl (C=O) groups excluding carboxylic acids is 2. The number of aromatic nitrogens is 1. The van der Waals surface area contributed by atoms with Crippen molar-refractivity contribution in [2.75, 3.05) is 38.0 Å². The lowest BCUT2D eigenvalue weighted by atomic mass is 10.0. The first-order chi connectivity index (χ1) is 14.1. The third kappa shape index (κ3) is 4.63. The smallest absolute Gasteiger partial charge is 0.239 e. The molecule has 0 atom stereocenters. The van der Waals surface area contributed by atoms with Gasteiger partial charge in [-0.25, -0.2) is 0 Å². The standard InChI is InChI=1S/C22H24N4O3/c1-16-13-20(24-29-16)23-21(27)15-25-9-11-26(12-10-25)22(28)14-18-7-4-6-17-5-2-3-8-19(17)18/h2-8,13H,9-12,14-15H2,1H3,(H,23,24,27). The highest BCUT2D eigenvalue weighted by Gasteiger charge is 2.23. The highest BCUT2D eigenvalue weighted by Crippen LogP contribution is 2.19. The van der Waals surface area contributed by atoms with Gasteiger partial charge in [-0.3, -0.25) is 14.5 Å². The van der Waals surface area contributed by atoms with Crippen molar-refractivity contribution in [1.29, 1.82) is 0 Å². The van der Waals surface area contributed by atoms with E-state index in [1.807, 2.05) is 34.1 Å². The minimum Gasteiger partial charge on any atom is -0.360 e. The molecule has 1 saturated heterocycles. The van der Waals surface area contributed by atoms with Crippen molar-refractivity contribution in [3.8, 4) is 0 Å². The topological polar surface area (TPSA) is 78.7 Å². The Morgan fingerprint density at radius 3 is 2.59 bits per heavy atom. The summed E-state index contributed by atoms with van der Waals surface area (Å²) in [5, 5.41) is 8.77. The summed E-state index contributed by atoms with van der Waals surface area (Å²) in [5.74, 6) is 1.08. The van der Waals surface area contributed by atoms with Crippen LogP contribution in [0.5, 0.6) is 0 Å². The summed E-state index contributed by atoms with van der Waals surface area (Å²) in [6.45, 7) is 4.65. The first-order valence-corrected chi connectivity index (χ1v) is 9.78. The number of benzene rings is 2. The maximum absolute atomic E-state index is 12.8. The summed E-state index contributed by atoms with van der Waals surface area (Å²) in [6, 6.07) is 15.9. The van der Waals surface area contributed by atoms with Crippen molar-refractivity contribution < 1.29 is 14.1 Å². The number of fused-ring (bicyclic) bond motifs is 1. The molecule has 2 heterocycles. The number of amides is 2. The van der Waals surface area contributed by atoms with Crippen LogP contribution in [0.3, 0.4) is 0 Å². The molecule has 0 bridgehead atoms. The number of piperazine rings is 1. The number of carbonyl (C=O) groups is 2. The first-order valence-electron chi connectivity index (χ1n) is 9.78. The summed E-state index contributed by atoms with van der Waals surface area (Å²) in [5.41, 5.74) is 1.05. The van der Waals surface area contributed by atoms with E-state index >= 15 is 0 Å². The molecule has 1 fully saturated rings. The third-order valence-corrected chi connectivity index (χ3v) is 5.21. The van der Waals surface area contributed by atoms with Crippen LogP contribution in [0.4, 0.5) is 5.82 Å². The Morgan fingerprint density at radius 1 is 1.07 bits per heavy atom. The van der Waals surface area contributed by atoms with E-state index < -0.39 is 0 Å². The van der Waals surface area contributed by atoms with Crippen molar-refractivity contribution in [2.24, 2.45) is 0 Å². The average Bonchev–Trinajstić information content (AvgIpc) is 3.13. The van der Waals surface area contributed by atoms with Gasteiger partial charge in [0, 0.05) is 32.2 Å². The molecule has 29 heavy (non-hydrogen) atoms. The SMILES string of the molecule is Cc1cc(NC(=O)CN2CCN(C(=O)Cc3cccc4ccccc34)CC2)no1. The Balaban J connectivity index is 1.29. The van der Waals surface area contributed by atoms with Gasteiger partial charge in [0.15, 0.2) is 5.82 Å². The fraction of sp³-hybridized carbons (Fsp3) is 0.318. The van der Waals surface area contributed by atoms with Crippen LogP contribution in [0.25, 0.3) is 10.8 Å². The second kappa shape index (κ2) is 8.45. The largest absolute Gasteiger partial charge is 0.360 e. The maximum Gasteiger partial charge on any atom is 0.239 e. The van der Waals surface area contributed by atoms with Crippen LogP contribution >= 0.6 is 0 Å². The minimum atomic E-state index is -0.131. The van der Waals surface area contributed by atoms with Gasteiger partial charge in [0.25, 0.3) is 0 Å². The van der Waals surface area contributed by atoms with E-state index in [4.69, 9.17) is 4.52 Å². The number of anilines is 1. The van der Waals surface area contributed by atoms with E-state index in [1.54, 1.807) is 13.0 Å². The lowest BCUT2D eigenvalue weighted by Gasteiger charge is -2.34. The molecule has 1 aromatic heterocycles. The van der Waals surface area contributed by atoms with Crippen LogP contribution in [0, 0.1) is 6.92 Å². The summed E-state index contributed by atoms with van der Waals surface area (Å²) in [4.78, 5) is 28.9. The van der Waals surface area contributed by atoms with Gasteiger partial charge >= 0.3 is 0 Å². The predicted molar refractivity (Wildman–Crippen MR) is 111 cm³/mol. The van der Waals surface area contributed by atoms with E-state index in [2.05, 4.69) is 28.7 Å². The number of aryl methyl sites for hydroxylation is 1. The molecule has 7 nitrogen and oxygen atoms in total. The number of nitrogens with zero attached hydrogens (tertiary/aromatic N) is 3. The zero-order valence-corrected chi connectivity index (χ0v) is 16.4. The van der Waals surface area contributed by atoms with Crippen molar-refractivity contribution in [3.05, 3.63) is 59.9 Å². The lowest BCUT2D eigenvalue weighted by molar-refractivity contribution is -0.132. The molecule has 1 N–H and O–H groups in total. The van der Waals surface area contributed by atoms with Crippen molar-refractivity contribution in [2.45, 2.75) is 13.3 Å². The third-order valence-electron chi connectivity index (χ3n) is 5.21. The van der Waals surface area contributed by atoms with Crippen molar-refractivity contribution >= 4 is 28.4 Å². The molecular formula is C22H24N4O3. The number of hydrogen-bond acceptors (Lipinski definition) is 5. The molecule has 0 unspecified atom stereocenters. The summed E-state index contributed by atoms with van der Waals surface area (Å²) >= 11 is 0. The van der Waals surface area contributed by atoms with Crippen molar-refractivity contribution in [3.63, 3.8) is 0 Å². The highest BCUT2D eigenvalue weighted by atomic mass is 16.5. The molecule has 2 aromatic carbocycles. The molecule has 0 radical (unpaired) electrons. The Bertz CT molecular complexity index is 1020. The number of rotatable bonds is 5. The van der Waals surface area contributed by atoms with Crippen molar-refractivity contribution in [1.82, 2.24) is 15.0 Å². The van der Waals surface area contributed by atoms with Gasteiger partial charge in [-0.1, -0.05) is 47.6 Å². The van der Waals surface area contributed by atoms with E-state index in [0.717, 1.165) is 16.3 Å². The molecule has 2 amide bonds. The maximum atomic E-state index is 12.8. The molecule has 150 valence electrons. The van der Waals surface area contributed by atoms with Crippen LogP contribution in [-0.4, -0.2) is 59.5 Å². The average molecular weight is 392 g/mol. The molecule has 7 heteroatoms. The van der Waals surface area contributed by atoms with Crippen LogP contribution in [0.1, 0.15) is 11.3 Å². The van der Waals surface area contributed by atoms with Crippen LogP contribution in [-0.2, 0) is 16.0 Å². The number of nitrogens with one attached hydrogen (secondary N) is 1. The van der Waals surface area contributed by atoms with E-state index in [0.29, 0.717) is 44.2 Å². The molecule has 4 rings (SSSR count). The van der Waals surface area contributed by atoms with Gasteiger partial charge in [-0.15, -0.1) is 0 Å². The van der Waals surface area contributed by atoms with Crippen LogP contribution in [0.2, 0.25) is 0 Å². The Hall–Kier alpha value is -3.19. The number of hydrogen-bond donors (Lipinski definition) is 1. The fourth-order valence-corrected chi connectivity index (χ4v) is 3.69. The van der Waals surface area contributed by atoms with Gasteiger partial charge in [0.05, 0.1) is 13.0 Å². The molecular weight excluding hydrogens is 368 g/mol. The Labute approximate surface area is 169 Å². The zero-order chi connectivity index (χ0) is 20.2. The highest BCUT2D eigenvalue weighted by molar-refractivity contribution is 5.91. The van der Waals surface area contributed by atoms with E-state index in [9.17, 15) is 9.59 Å². The normalized spacial score (nSPS) is 14.9. The van der Waals surface area contributed by atoms with Gasteiger partial charge in [0.1, 0.15) is 5.76 Å². The van der Waals surface area contributed by atoms with Gasteiger partial charge in [0.2, 0.25) is 11.8 Å². The molecule has 0 aliphatic carbocycles. The first kappa shape index (κ1) is 19.1. The summed E-state index contributed by atoms with van der Waals surface area (Å²) < 4.78 is 4.95. The van der Waals surface area contributed by atoms with Crippen LogP contribution < -0.4 is 5.32 Å². The Morgan fingerprint density at radius 2 is 1.83 bits per heavy atom. The molecule has 0 spiro atoms. The predicted octanol–water partition coefficient (Wildman–Crippen LogP) is 2.46. The van der Waals surface area contributed by atoms with E-state index in [1.165, 1.54) is 0 Å².